The smallest absolute Gasteiger partial charge is 0.208 e. The number of thiophene rings is 1. The summed E-state index contributed by atoms with van der Waals surface area (Å²) in [6.07, 6.45) is 0. The highest BCUT2D eigenvalue weighted by molar-refractivity contribution is 9.10. The number of halogens is 3. The van der Waals surface area contributed by atoms with Crippen LogP contribution in [-0.2, 0) is 0 Å². The predicted molar refractivity (Wildman–Crippen MR) is 79.3 cm³/mol. The molecule has 0 amide bonds. The fourth-order valence-electron chi connectivity index (χ4n) is 1.95. The lowest BCUT2D eigenvalue weighted by molar-refractivity contribution is 0.103. The van der Waals surface area contributed by atoms with Gasteiger partial charge in [0.05, 0.1) is 14.9 Å². The Morgan fingerprint density at radius 3 is 2.60 bits per heavy atom. The van der Waals surface area contributed by atoms with Crippen LogP contribution < -0.4 is 0 Å². The Morgan fingerprint density at radius 1 is 1.10 bits per heavy atom. The Hall–Kier alpha value is -1.59. The molecule has 0 fully saturated rings. The van der Waals surface area contributed by atoms with E-state index in [1.165, 1.54) is 17.4 Å². The second-order valence-electron chi connectivity index (χ2n) is 4.20. The molecule has 0 aliphatic carbocycles. The molecular formula is C15H7BrF2OS. The van der Waals surface area contributed by atoms with Crippen molar-refractivity contribution in [3.63, 3.8) is 0 Å². The van der Waals surface area contributed by atoms with Crippen molar-refractivity contribution in [3.05, 3.63) is 69.0 Å². The van der Waals surface area contributed by atoms with Crippen LogP contribution in [0, 0.1) is 11.6 Å². The van der Waals surface area contributed by atoms with Crippen LogP contribution in [0.15, 0.2) is 46.9 Å². The zero-order valence-electron chi connectivity index (χ0n) is 9.99. The van der Waals surface area contributed by atoms with Gasteiger partial charge in [-0.25, -0.2) is 8.78 Å². The van der Waals surface area contributed by atoms with Gasteiger partial charge in [-0.05, 0) is 45.6 Å². The number of fused-ring (bicyclic) bond motifs is 1. The number of rotatable bonds is 2. The molecule has 1 aromatic heterocycles. The monoisotopic (exact) mass is 352 g/mol. The minimum atomic E-state index is -0.868. The van der Waals surface area contributed by atoms with Crippen molar-refractivity contribution in [1.82, 2.24) is 0 Å². The Bertz CT molecular complexity index is 793. The van der Waals surface area contributed by atoms with E-state index in [4.69, 9.17) is 0 Å². The third kappa shape index (κ3) is 2.17. The van der Waals surface area contributed by atoms with Gasteiger partial charge in [-0.2, -0.15) is 0 Å². The molecule has 0 unspecified atom stereocenters. The topological polar surface area (TPSA) is 17.1 Å². The Balaban J connectivity index is 2.15. The van der Waals surface area contributed by atoms with Gasteiger partial charge in [-0.15, -0.1) is 11.3 Å². The Morgan fingerprint density at radius 2 is 1.85 bits per heavy atom. The maximum Gasteiger partial charge on any atom is 0.208 e. The molecule has 100 valence electrons. The quantitative estimate of drug-likeness (QED) is 0.459. The molecule has 1 heterocycles. The van der Waals surface area contributed by atoms with E-state index < -0.39 is 23.0 Å². The highest BCUT2D eigenvalue weighted by Gasteiger charge is 2.22. The van der Waals surface area contributed by atoms with Gasteiger partial charge < -0.3 is 0 Å². The lowest BCUT2D eigenvalue weighted by Crippen LogP contribution is -2.06. The molecular weight excluding hydrogens is 346 g/mol. The summed E-state index contributed by atoms with van der Waals surface area (Å²) in [4.78, 5) is 12.6. The molecule has 0 radical (unpaired) electrons. The number of hydrogen-bond donors (Lipinski definition) is 0. The lowest BCUT2D eigenvalue weighted by Gasteiger charge is -2.03. The minimum Gasteiger partial charge on any atom is -0.287 e. The van der Waals surface area contributed by atoms with E-state index in [9.17, 15) is 13.6 Å². The van der Waals surface area contributed by atoms with Crippen LogP contribution in [-0.4, -0.2) is 5.78 Å². The molecule has 0 saturated carbocycles. The molecule has 1 nitrogen and oxygen atoms in total. The third-order valence-electron chi connectivity index (χ3n) is 2.92. The van der Waals surface area contributed by atoms with E-state index in [1.807, 2.05) is 24.3 Å². The zero-order chi connectivity index (χ0) is 14.3. The summed E-state index contributed by atoms with van der Waals surface area (Å²) in [7, 11) is 0. The van der Waals surface area contributed by atoms with Gasteiger partial charge in [0.25, 0.3) is 0 Å². The van der Waals surface area contributed by atoms with Gasteiger partial charge in [-0.3, -0.25) is 4.79 Å². The molecule has 3 rings (SSSR count). The number of hydrogen-bond acceptors (Lipinski definition) is 2. The maximum atomic E-state index is 14.0. The molecule has 2 aromatic carbocycles. The van der Waals surface area contributed by atoms with Crippen molar-refractivity contribution < 1.29 is 13.6 Å². The molecule has 0 spiro atoms. The normalized spacial score (nSPS) is 10.9. The van der Waals surface area contributed by atoms with E-state index in [0.717, 1.165) is 16.2 Å². The van der Waals surface area contributed by atoms with Gasteiger partial charge >= 0.3 is 0 Å². The zero-order valence-corrected chi connectivity index (χ0v) is 12.4. The summed E-state index contributed by atoms with van der Waals surface area (Å²) in [5.41, 5.74) is -0.522. The summed E-state index contributed by atoms with van der Waals surface area (Å²) in [5.74, 6) is -2.36. The van der Waals surface area contributed by atoms with E-state index in [2.05, 4.69) is 15.9 Å². The average molecular weight is 353 g/mol. The molecule has 0 saturated heterocycles. The minimum absolute atomic E-state index is 0.0726. The standard InChI is InChI=1S/C15H7BrF2OS/c16-9-5-6-10(17)13(14(9)18)15(19)12-7-8-3-1-2-4-11(8)20-12/h1-7H. The van der Waals surface area contributed by atoms with Crippen molar-refractivity contribution in [1.29, 1.82) is 0 Å². The number of carbonyl (C=O) groups excluding carboxylic acids is 1. The number of benzene rings is 2. The Labute approximate surface area is 126 Å². The molecule has 20 heavy (non-hydrogen) atoms. The third-order valence-corrected chi connectivity index (χ3v) is 4.65. The van der Waals surface area contributed by atoms with Crippen LogP contribution in [0.5, 0.6) is 0 Å². The van der Waals surface area contributed by atoms with Gasteiger partial charge in [-0.1, -0.05) is 18.2 Å². The summed E-state index contributed by atoms with van der Waals surface area (Å²) < 4.78 is 28.7. The summed E-state index contributed by atoms with van der Waals surface area (Å²) in [6.45, 7) is 0. The van der Waals surface area contributed by atoms with Crippen LogP contribution in [0.25, 0.3) is 10.1 Å². The fraction of sp³-hybridized carbons (Fsp3) is 0. The van der Waals surface area contributed by atoms with Crippen LogP contribution in [0.4, 0.5) is 8.78 Å². The van der Waals surface area contributed by atoms with Crippen LogP contribution >= 0.6 is 27.3 Å². The maximum absolute atomic E-state index is 14.0. The Kier molecular flexibility index (Phi) is 3.40. The van der Waals surface area contributed by atoms with Gasteiger partial charge in [0.1, 0.15) is 5.82 Å². The van der Waals surface area contributed by atoms with Crippen LogP contribution in [0.2, 0.25) is 0 Å². The predicted octanol–water partition coefficient (Wildman–Crippen LogP) is 5.17. The summed E-state index contributed by atoms with van der Waals surface area (Å²) in [5, 5.41) is 0.886. The first-order chi connectivity index (χ1) is 9.58. The molecule has 0 N–H and O–H groups in total. The van der Waals surface area contributed by atoms with Crippen molar-refractivity contribution in [2.75, 3.05) is 0 Å². The molecule has 0 bridgehead atoms. The number of carbonyl (C=O) groups is 1. The van der Waals surface area contributed by atoms with Crippen LogP contribution in [0.1, 0.15) is 15.2 Å². The van der Waals surface area contributed by atoms with Crippen molar-refractivity contribution >= 4 is 43.1 Å². The van der Waals surface area contributed by atoms with E-state index >= 15 is 0 Å². The van der Waals surface area contributed by atoms with Gasteiger partial charge in [0.2, 0.25) is 5.78 Å². The van der Waals surface area contributed by atoms with Gasteiger partial charge in [0, 0.05) is 4.70 Å². The first-order valence-electron chi connectivity index (χ1n) is 5.74. The molecule has 0 aliphatic heterocycles. The highest BCUT2D eigenvalue weighted by atomic mass is 79.9. The summed E-state index contributed by atoms with van der Waals surface area (Å²) >= 11 is 4.19. The first kappa shape index (κ1) is 13.4. The lowest BCUT2D eigenvalue weighted by atomic mass is 10.1. The second-order valence-corrected chi connectivity index (χ2v) is 6.13. The van der Waals surface area contributed by atoms with E-state index in [0.29, 0.717) is 4.88 Å². The van der Waals surface area contributed by atoms with E-state index in [-0.39, 0.29) is 4.47 Å². The van der Waals surface area contributed by atoms with Crippen molar-refractivity contribution in [2.45, 2.75) is 0 Å². The number of ketones is 1. The first-order valence-corrected chi connectivity index (χ1v) is 7.35. The molecule has 3 aromatic rings. The summed E-state index contributed by atoms with van der Waals surface area (Å²) in [6, 6.07) is 11.4. The van der Waals surface area contributed by atoms with Crippen molar-refractivity contribution in [2.24, 2.45) is 0 Å². The fourth-order valence-corrected chi connectivity index (χ4v) is 3.29. The molecule has 0 aliphatic rings. The van der Waals surface area contributed by atoms with Crippen LogP contribution in [0.3, 0.4) is 0 Å². The second kappa shape index (κ2) is 5.07. The SMILES string of the molecule is O=C(c1cc2ccccc2s1)c1c(F)ccc(Br)c1F. The van der Waals surface area contributed by atoms with E-state index in [1.54, 1.807) is 6.07 Å². The molecule has 5 heteroatoms. The molecule has 0 atom stereocenters. The van der Waals surface area contributed by atoms with Gasteiger partial charge in [0.15, 0.2) is 5.82 Å². The largest absolute Gasteiger partial charge is 0.287 e. The van der Waals surface area contributed by atoms with Crippen molar-refractivity contribution in [3.8, 4) is 0 Å². The highest BCUT2D eigenvalue weighted by Crippen LogP contribution is 2.30. The average Bonchev–Trinajstić information content (AvgIpc) is 2.87.